The summed E-state index contributed by atoms with van der Waals surface area (Å²) in [6, 6.07) is 10.2. The Morgan fingerprint density at radius 2 is 1.72 bits per heavy atom. The van der Waals surface area contributed by atoms with Crippen molar-refractivity contribution in [3.8, 4) is 39.5 Å². The second kappa shape index (κ2) is 8.46. The number of anilines is 1. The number of phenolic OH excluding ortho intramolecular Hbond substituents is 1. The number of fused-ring (bicyclic) bond motifs is 2. The first-order valence-electron chi connectivity index (χ1n) is 11.5. The maximum Gasteiger partial charge on any atom is 0.127 e. The molecule has 178 valence electrons. The van der Waals surface area contributed by atoms with Crippen molar-refractivity contribution in [2.45, 2.75) is 19.9 Å². The zero-order chi connectivity index (χ0) is 24.8. The van der Waals surface area contributed by atoms with Crippen LogP contribution in [0, 0.1) is 5.82 Å². The van der Waals surface area contributed by atoms with E-state index in [1.165, 1.54) is 12.1 Å². The fraction of sp³-hybridized carbons (Fsp3) is 0.111. The summed E-state index contributed by atoms with van der Waals surface area (Å²) in [4.78, 5) is 16.6. The van der Waals surface area contributed by atoms with Gasteiger partial charge < -0.3 is 15.4 Å². The van der Waals surface area contributed by atoms with E-state index in [2.05, 4.69) is 49.3 Å². The molecule has 0 unspecified atom stereocenters. The van der Waals surface area contributed by atoms with Gasteiger partial charge in [-0.1, -0.05) is 0 Å². The van der Waals surface area contributed by atoms with E-state index in [0.29, 0.717) is 11.1 Å². The van der Waals surface area contributed by atoms with Gasteiger partial charge in [-0.25, -0.2) is 4.39 Å². The number of rotatable bonds is 5. The minimum atomic E-state index is -0.516. The standard InChI is InChI=1S/C27H22FN7O/c1-14(2)32-18-4-16(9-29-10-18)23-8-21-26(13-31-23)34-35-27(21)24-7-20-22(11-30-12-25(20)33-24)15-3-17(28)6-19(36)5-15/h3-14,32-33,36H,1-2H3,(H,34,35). The van der Waals surface area contributed by atoms with Crippen LogP contribution in [0.15, 0.2) is 67.4 Å². The van der Waals surface area contributed by atoms with E-state index in [1.807, 2.05) is 18.2 Å². The molecule has 1 aromatic carbocycles. The first-order chi connectivity index (χ1) is 17.4. The lowest BCUT2D eigenvalue weighted by molar-refractivity contribution is 0.469. The van der Waals surface area contributed by atoms with E-state index in [1.54, 1.807) is 31.0 Å². The highest BCUT2D eigenvalue weighted by Crippen LogP contribution is 2.35. The van der Waals surface area contributed by atoms with Gasteiger partial charge >= 0.3 is 0 Å². The lowest BCUT2D eigenvalue weighted by atomic mass is 10.0. The van der Waals surface area contributed by atoms with Gasteiger partial charge in [-0.15, -0.1) is 0 Å². The Morgan fingerprint density at radius 3 is 2.56 bits per heavy atom. The van der Waals surface area contributed by atoms with E-state index >= 15 is 0 Å². The molecule has 5 heterocycles. The summed E-state index contributed by atoms with van der Waals surface area (Å²) >= 11 is 0. The highest BCUT2D eigenvalue weighted by molar-refractivity contribution is 6.01. The first kappa shape index (κ1) is 21.7. The number of phenols is 1. The number of aromatic nitrogens is 6. The van der Waals surface area contributed by atoms with Gasteiger partial charge in [-0.05, 0) is 49.7 Å². The number of pyridine rings is 3. The average Bonchev–Trinajstić information content (AvgIpc) is 3.46. The Bertz CT molecular complexity index is 1720. The van der Waals surface area contributed by atoms with Gasteiger partial charge in [0.25, 0.3) is 0 Å². The van der Waals surface area contributed by atoms with E-state index in [4.69, 9.17) is 0 Å². The molecule has 9 heteroatoms. The molecule has 0 saturated carbocycles. The van der Waals surface area contributed by atoms with E-state index in [-0.39, 0.29) is 11.8 Å². The Balaban J connectivity index is 1.45. The second-order valence-corrected chi connectivity index (χ2v) is 8.98. The molecule has 6 aromatic rings. The van der Waals surface area contributed by atoms with Crippen molar-refractivity contribution in [3.63, 3.8) is 0 Å². The van der Waals surface area contributed by atoms with Crippen molar-refractivity contribution in [2.75, 3.05) is 5.32 Å². The van der Waals surface area contributed by atoms with Crippen LogP contribution in [0.2, 0.25) is 0 Å². The highest BCUT2D eigenvalue weighted by atomic mass is 19.1. The summed E-state index contributed by atoms with van der Waals surface area (Å²) < 4.78 is 14.0. The molecular weight excluding hydrogens is 457 g/mol. The number of nitrogens with zero attached hydrogens (tertiary/aromatic N) is 4. The second-order valence-electron chi connectivity index (χ2n) is 8.98. The Labute approximate surface area is 205 Å². The minimum Gasteiger partial charge on any atom is -0.508 e. The molecule has 0 fully saturated rings. The molecule has 36 heavy (non-hydrogen) atoms. The van der Waals surface area contributed by atoms with Crippen LogP contribution < -0.4 is 5.32 Å². The molecule has 0 aliphatic carbocycles. The molecule has 0 spiro atoms. The van der Waals surface area contributed by atoms with Gasteiger partial charge in [-0.3, -0.25) is 20.1 Å². The van der Waals surface area contributed by atoms with Crippen molar-refractivity contribution < 1.29 is 9.50 Å². The molecular formula is C27H22FN7O. The molecule has 0 amide bonds. The minimum absolute atomic E-state index is 0.141. The number of H-pyrrole nitrogens is 2. The van der Waals surface area contributed by atoms with E-state index in [9.17, 15) is 9.50 Å². The number of hydrogen-bond acceptors (Lipinski definition) is 6. The molecule has 8 nitrogen and oxygen atoms in total. The number of aromatic hydroxyl groups is 1. The monoisotopic (exact) mass is 479 g/mol. The summed E-state index contributed by atoms with van der Waals surface area (Å²) in [7, 11) is 0. The van der Waals surface area contributed by atoms with Gasteiger partial charge in [0.05, 0.1) is 40.5 Å². The third-order valence-corrected chi connectivity index (χ3v) is 5.93. The van der Waals surface area contributed by atoms with Gasteiger partial charge in [0.15, 0.2) is 0 Å². The summed E-state index contributed by atoms with van der Waals surface area (Å²) in [5, 5.41) is 22.6. The molecule has 0 aliphatic rings. The Morgan fingerprint density at radius 1 is 0.861 bits per heavy atom. The van der Waals surface area contributed by atoms with E-state index < -0.39 is 5.82 Å². The summed E-state index contributed by atoms with van der Waals surface area (Å²) in [5.74, 6) is -0.656. The van der Waals surface area contributed by atoms with Crippen LogP contribution in [0.3, 0.4) is 0 Å². The Hall–Kier alpha value is -4.79. The average molecular weight is 480 g/mol. The van der Waals surface area contributed by atoms with Gasteiger partial charge in [0.1, 0.15) is 17.3 Å². The third-order valence-electron chi connectivity index (χ3n) is 5.93. The Kier molecular flexibility index (Phi) is 5.10. The van der Waals surface area contributed by atoms with Crippen LogP contribution in [0.4, 0.5) is 10.1 Å². The first-order valence-corrected chi connectivity index (χ1v) is 11.5. The number of hydrogen-bond donors (Lipinski definition) is 4. The summed E-state index contributed by atoms with van der Waals surface area (Å²) in [6.07, 6.45) is 8.70. The molecule has 6 rings (SSSR count). The normalized spacial score (nSPS) is 11.6. The van der Waals surface area contributed by atoms with Crippen molar-refractivity contribution in [1.82, 2.24) is 30.1 Å². The molecule has 0 radical (unpaired) electrons. The van der Waals surface area contributed by atoms with Crippen molar-refractivity contribution >= 4 is 27.5 Å². The van der Waals surface area contributed by atoms with Gasteiger partial charge in [0, 0.05) is 52.6 Å². The maximum absolute atomic E-state index is 14.0. The van der Waals surface area contributed by atoms with Gasteiger partial charge in [0.2, 0.25) is 0 Å². The topological polar surface area (TPSA) is 115 Å². The smallest absolute Gasteiger partial charge is 0.127 e. The lowest BCUT2D eigenvalue weighted by Gasteiger charge is -2.10. The third kappa shape index (κ3) is 3.90. The molecule has 4 N–H and O–H groups in total. The summed E-state index contributed by atoms with van der Waals surface area (Å²) in [5.41, 5.74) is 6.90. The van der Waals surface area contributed by atoms with E-state index in [0.717, 1.165) is 56.2 Å². The molecule has 0 aliphatic heterocycles. The molecule has 0 saturated heterocycles. The van der Waals surface area contributed by atoms with Crippen molar-refractivity contribution in [3.05, 3.63) is 73.2 Å². The summed E-state index contributed by atoms with van der Waals surface area (Å²) in [6.45, 7) is 4.15. The highest BCUT2D eigenvalue weighted by Gasteiger charge is 2.16. The van der Waals surface area contributed by atoms with Crippen LogP contribution in [0.1, 0.15) is 13.8 Å². The maximum atomic E-state index is 14.0. The predicted molar refractivity (Wildman–Crippen MR) is 138 cm³/mol. The number of halogens is 1. The van der Waals surface area contributed by atoms with Crippen LogP contribution in [-0.4, -0.2) is 41.3 Å². The largest absolute Gasteiger partial charge is 0.508 e. The van der Waals surface area contributed by atoms with Crippen LogP contribution >= 0.6 is 0 Å². The number of benzene rings is 1. The van der Waals surface area contributed by atoms with Crippen molar-refractivity contribution in [1.29, 1.82) is 0 Å². The lowest BCUT2D eigenvalue weighted by Crippen LogP contribution is -2.09. The predicted octanol–water partition coefficient (Wildman–Crippen LogP) is 5.90. The fourth-order valence-electron chi connectivity index (χ4n) is 4.41. The van der Waals surface area contributed by atoms with Crippen molar-refractivity contribution in [2.24, 2.45) is 0 Å². The number of aromatic amines is 2. The molecule has 0 atom stereocenters. The van der Waals surface area contributed by atoms with Gasteiger partial charge in [-0.2, -0.15) is 5.10 Å². The molecule has 0 bridgehead atoms. The SMILES string of the molecule is CC(C)Nc1cncc(-c2cc3c(-c4cc5c(-c6cc(O)cc(F)c6)cncc5[nH]4)n[nH]c3cn2)c1. The zero-order valence-electron chi connectivity index (χ0n) is 19.5. The van der Waals surface area contributed by atoms with Crippen LogP contribution in [-0.2, 0) is 0 Å². The van der Waals surface area contributed by atoms with Crippen LogP contribution in [0.25, 0.3) is 55.6 Å². The van der Waals surface area contributed by atoms with Crippen LogP contribution in [0.5, 0.6) is 5.75 Å². The molecule has 5 aromatic heterocycles. The zero-order valence-corrected chi connectivity index (χ0v) is 19.5. The quantitative estimate of drug-likeness (QED) is 0.245. The fourth-order valence-corrected chi connectivity index (χ4v) is 4.41. The number of nitrogens with one attached hydrogen (secondary N) is 3.